The van der Waals surface area contributed by atoms with Crippen LogP contribution in [-0.4, -0.2) is 55.1 Å². The monoisotopic (exact) mass is 532 g/mol. The molecule has 0 aromatic heterocycles. The molecular formula is C22H37BrN2O4SSi. The first-order valence-electron chi connectivity index (χ1n) is 10.8. The zero-order valence-corrected chi connectivity index (χ0v) is 23.4. The highest BCUT2D eigenvalue weighted by Gasteiger charge is 2.59. The maximum absolute atomic E-state index is 13.2. The number of carbonyl (C=O) groups excluding carboxylic acids is 2. The fourth-order valence-corrected chi connectivity index (χ4v) is 6.43. The molecule has 2 rings (SSSR count). The van der Waals surface area contributed by atoms with Gasteiger partial charge in [0.2, 0.25) is 5.91 Å². The molecule has 9 heteroatoms. The molecule has 0 saturated carbocycles. The molecule has 0 spiro atoms. The summed E-state index contributed by atoms with van der Waals surface area (Å²) < 4.78 is 12.0. The molecule has 6 nitrogen and oxygen atoms in total. The van der Waals surface area contributed by atoms with E-state index >= 15 is 0 Å². The number of alkyl halides is 1. The fourth-order valence-electron chi connectivity index (χ4n) is 3.26. The van der Waals surface area contributed by atoms with Crippen LogP contribution in [0.1, 0.15) is 41.5 Å². The lowest BCUT2D eigenvalue weighted by Gasteiger charge is -2.48. The van der Waals surface area contributed by atoms with Gasteiger partial charge in [0.25, 0.3) is 0 Å². The summed E-state index contributed by atoms with van der Waals surface area (Å²) in [4.78, 5) is 28.5. The third-order valence-electron chi connectivity index (χ3n) is 5.97. The smallest absolute Gasteiger partial charge is 0.355 e. The summed E-state index contributed by atoms with van der Waals surface area (Å²) in [7, 11) is -2.01. The molecular weight excluding hydrogens is 496 g/mol. The minimum atomic E-state index is -2.01. The van der Waals surface area contributed by atoms with Crippen molar-refractivity contribution < 1.29 is 18.8 Å². The molecule has 0 radical (unpaired) electrons. The standard InChI is InChI=1S/C22H37BrN2O4SSi/c1-14(2)13-28-21(27)18-16(12-24-11-9-10-23)30-20-17(19(26)25(18)20)15(3)29-31(7,8)22(4,5)6/h9,11,14-15,17,20,24H,10,12-13H2,1-8H3/b11-9+/t15?,17-,20+/m0/s1. The first-order chi connectivity index (χ1) is 14.3. The Labute approximate surface area is 200 Å². The van der Waals surface area contributed by atoms with Crippen molar-refractivity contribution in [1.82, 2.24) is 10.2 Å². The number of nitrogens with one attached hydrogen (secondary N) is 1. The predicted molar refractivity (Wildman–Crippen MR) is 133 cm³/mol. The summed E-state index contributed by atoms with van der Waals surface area (Å²) >= 11 is 4.92. The molecule has 1 fully saturated rings. The Morgan fingerprint density at radius 2 is 1.97 bits per heavy atom. The fraction of sp³-hybridized carbons (Fsp3) is 0.727. The first-order valence-corrected chi connectivity index (χ1v) is 15.7. The Morgan fingerprint density at radius 1 is 1.32 bits per heavy atom. The van der Waals surface area contributed by atoms with E-state index in [-0.39, 0.29) is 34.3 Å². The van der Waals surface area contributed by atoms with E-state index in [2.05, 4.69) is 55.1 Å². The number of hydrogen-bond donors (Lipinski definition) is 1. The highest BCUT2D eigenvalue weighted by Crippen LogP contribution is 2.51. The van der Waals surface area contributed by atoms with E-state index in [0.717, 1.165) is 10.2 Å². The Bertz CT molecular complexity index is 748. The molecule has 1 saturated heterocycles. The SMILES string of the molecule is CC(C)COC(=O)C1=C(CN/C=C/CBr)S[C@@H]2[C@@H](C(C)O[Si](C)(C)C(C)(C)C)C(=O)N12. The average Bonchev–Trinajstić information content (AvgIpc) is 2.96. The maximum Gasteiger partial charge on any atom is 0.355 e. The summed E-state index contributed by atoms with van der Waals surface area (Å²) in [6.45, 7) is 17.8. The number of β-lactam (4-membered cyclic amide) rings is 1. The van der Waals surface area contributed by atoms with E-state index in [1.54, 1.807) is 16.7 Å². The van der Waals surface area contributed by atoms with Crippen molar-refractivity contribution in [2.75, 3.05) is 18.5 Å². The van der Waals surface area contributed by atoms with Gasteiger partial charge in [0.15, 0.2) is 8.32 Å². The van der Waals surface area contributed by atoms with E-state index in [4.69, 9.17) is 9.16 Å². The van der Waals surface area contributed by atoms with Crippen molar-refractivity contribution in [3.05, 3.63) is 22.9 Å². The van der Waals surface area contributed by atoms with Crippen molar-refractivity contribution in [3.63, 3.8) is 0 Å². The lowest BCUT2D eigenvalue weighted by atomic mass is 9.92. The van der Waals surface area contributed by atoms with Crippen LogP contribution in [0.2, 0.25) is 18.1 Å². The zero-order chi connectivity index (χ0) is 23.6. The van der Waals surface area contributed by atoms with Crippen molar-refractivity contribution in [2.45, 2.75) is 71.2 Å². The minimum Gasteiger partial charge on any atom is -0.461 e. The number of amides is 1. The number of nitrogens with zero attached hydrogens (tertiary/aromatic N) is 1. The second kappa shape index (κ2) is 10.4. The van der Waals surface area contributed by atoms with Crippen LogP contribution in [0.15, 0.2) is 22.9 Å². The van der Waals surface area contributed by atoms with Crippen LogP contribution in [0.5, 0.6) is 0 Å². The molecule has 31 heavy (non-hydrogen) atoms. The second-order valence-corrected chi connectivity index (χ2v) is 16.6. The van der Waals surface area contributed by atoms with E-state index in [0.29, 0.717) is 18.8 Å². The summed E-state index contributed by atoms with van der Waals surface area (Å²) in [5, 5.41) is 3.89. The number of carbonyl (C=O) groups is 2. The molecule has 0 aromatic carbocycles. The van der Waals surface area contributed by atoms with E-state index in [1.807, 2.05) is 33.0 Å². The van der Waals surface area contributed by atoms with Crippen LogP contribution in [0.4, 0.5) is 0 Å². The van der Waals surface area contributed by atoms with Crippen molar-refractivity contribution >= 4 is 47.9 Å². The van der Waals surface area contributed by atoms with Gasteiger partial charge < -0.3 is 14.5 Å². The van der Waals surface area contributed by atoms with Gasteiger partial charge in [0.1, 0.15) is 11.1 Å². The van der Waals surface area contributed by atoms with E-state index in [9.17, 15) is 9.59 Å². The minimum absolute atomic E-state index is 0.0498. The average molecular weight is 534 g/mol. The van der Waals surface area contributed by atoms with Crippen molar-refractivity contribution in [1.29, 1.82) is 0 Å². The van der Waals surface area contributed by atoms with Crippen LogP contribution in [0.3, 0.4) is 0 Å². The number of hydrogen-bond acceptors (Lipinski definition) is 6. The predicted octanol–water partition coefficient (Wildman–Crippen LogP) is 4.84. The molecule has 1 amide bonds. The number of halogens is 1. The molecule has 2 heterocycles. The normalized spacial score (nSPS) is 22.8. The van der Waals surface area contributed by atoms with Crippen LogP contribution in [-0.2, 0) is 18.8 Å². The molecule has 2 aliphatic heterocycles. The van der Waals surface area contributed by atoms with Crippen LogP contribution in [0.25, 0.3) is 0 Å². The molecule has 2 aliphatic rings. The molecule has 1 N–H and O–H groups in total. The summed E-state index contributed by atoms with van der Waals surface area (Å²) in [5.74, 6) is -0.501. The van der Waals surface area contributed by atoms with E-state index in [1.165, 1.54) is 0 Å². The number of fused-ring (bicyclic) bond motifs is 1. The van der Waals surface area contributed by atoms with Gasteiger partial charge in [-0.15, -0.1) is 0 Å². The van der Waals surface area contributed by atoms with Gasteiger partial charge in [0, 0.05) is 16.8 Å². The summed E-state index contributed by atoms with van der Waals surface area (Å²) in [6.07, 6.45) is 3.59. The third kappa shape index (κ3) is 5.97. The Balaban J connectivity index is 2.18. The van der Waals surface area contributed by atoms with Gasteiger partial charge in [-0.3, -0.25) is 9.69 Å². The largest absolute Gasteiger partial charge is 0.461 e. The lowest BCUT2D eigenvalue weighted by molar-refractivity contribution is -0.158. The zero-order valence-electron chi connectivity index (χ0n) is 20.0. The highest BCUT2D eigenvalue weighted by atomic mass is 79.9. The Morgan fingerprint density at radius 3 is 2.52 bits per heavy atom. The number of rotatable bonds is 10. The Hall–Kier alpha value is -0.773. The van der Waals surface area contributed by atoms with Gasteiger partial charge in [-0.1, -0.05) is 68.4 Å². The summed E-state index contributed by atoms with van der Waals surface area (Å²) in [6, 6.07) is 0. The molecule has 176 valence electrons. The van der Waals surface area contributed by atoms with Crippen LogP contribution >= 0.6 is 27.7 Å². The number of ether oxygens (including phenoxy) is 1. The van der Waals surface area contributed by atoms with Gasteiger partial charge in [-0.25, -0.2) is 4.79 Å². The van der Waals surface area contributed by atoms with E-state index < -0.39 is 14.3 Å². The third-order valence-corrected chi connectivity index (χ3v) is 12.3. The number of allylic oxidation sites excluding steroid dienone is 1. The van der Waals surface area contributed by atoms with Gasteiger partial charge in [-0.2, -0.15) is 0 Å². The van der Waals surface area contributed by atoms with Crippen LogP contribution < -0.4 is 5.32 Å². The maximum atomic E-state index is 13.2. The highest BCUT2D eigenvalue weighted by molar-refractivity contribution is 9.09. The number of thioether (sulfide) groups is 1. The quantitative estimate of drug-likeness (QED) is 0.188. The Kier molecular flexibility index (Phi) is 8.92. The van der Waals surface area contributed by atoms with Gasteiger partial charge in [-0.05, 0) is 37.2 Å². The van der Waals surface area contributed by atoms with Crippen molar-refractivity contribution in [3.8, 4) is 0 Å². The molecule has 0 aromatic rings. The first kappa shape index (κ1) is 26.5. The second-order valence-electron chi connectivity index (χ2n) is 10.0. The lowest BCUT2D eigenvalue weighted by Crippen LogP contribution is -2.62. The summed E-state index contributed by atoms with van der Waals surface area (Å²) in [5.41, 5.74) is 0.385. The van der Waals surface area contributed by atoms with Gasteiger partial charge in [0.05, 0.1) is 18.6 Å². The van der Waals surface area contributed by atoms with Crippen LogP contribution in [0, 0.1) is 11.8 Å². The molecule has 3 atom stereocenters. The van der Waals surface area contributed by atoms with Gasteiger partial charge >= 0.3 is 5.97 Å². The molecule has 0 aliphatic carbocycles. The molecule has 0 bridgehead atoms. The van der Waals surface area contributed by atoms with Crippen molar-refractivity contribution in [2.24, 2.45) is 11.8 Å². The number of esters is 1. The molecule has 1 unspecified atom stereocenters. The topological polar surface area (TPSA) is 67.9 Å².